The minimum Gasteiger partial charge on any atom is -0.300 e. The first-order chi connectivity index (χ1) is 9.63. The van der Waals surface area contributed by atoms with Crippen molar-refractivity contribution in [2.45, 2.75) is 96.9 Å². The molecule has 0 aromatic heterocycles. The van der Waals surface area contributed by atoms with Gasteiger partial charge in [0.05, 0.1) is 6.04 Å². The Hall–Kier alpha value is -0.370. The molecular weight excluding hydrogens is 246 g/mol. The first-order valence-corrected chi connectivity index (χ1v) is 8.82. The predicted molar refractivity (Wildman–Crippen MR) is 89.2 cm³/mol. The fourth-order valence-corrected chi connectivity index (χ4v) is 2.83. The van der Waals surface area contributed by atoms with E-state index in [-0.39, 0.29) is 6.04 Å². The molecule has 0 saturated carbocycles. The summed E-state index contributed by atoms with van der Waals surface area (Å²) in [4.78, 5) is 14.1. The molecule has 0 aromatic rings. The average Bonchev–Trinajstić information content (AvgIpc) is 2.41. The molecule has 0 aliphatic heterocycles. The van der Waals surface area contributed by atoms with E-state index in [0.29, 0.717) is 5.78 Å². The maximum Gasteiger partial charge on any atom is 0.149 e. The number of likely N-dealkylation sites (N-methyl/N-ethyl adjacent to an activating group) is 1. The Kier molecular flexibility index (Phi) is 13.4. The van der Waals surface area contributed by atoms with Crippen molar-refractivity contribution >= 4 is 5.78 Å². The monoisotopic (exact) mass is 283 g/mol. The summed E-state index contributed by atoms with van der Waals surface area (Å²) in [6.07, 6.45) is 15.0. The van der Waals surface area contributed by atoms with Gasteiger partial charge in [0, 0.05) is 6.42 Å². The molecule has 2 heteroatoms. The van der Waals surface area contributed by atoms with Gasteiger partial charge in [0.2, 0.25) is 0 Å². The Morgan fingerprint density at radius 2 is 1.25 bits per heavy atom. The van der Waals surface area contributed by atoms with Crippen LogP contribution in [0.3, 0.4) is 0 Å². The van der Waals surface area contributed by atoms with Crippen LogP contribution >= 0.6 is 0 Å². The second-order valence-corrected chi connectivity index (χ2v) is 6.29. The van der Waals surface area contributed by atoms with Crippen LogP contribution < -0.4 is 0 Å². The van der Waals surface area contributed by atoms with Crippen LogP contribution in [0.2, 0.25) is 0 Å². The van der Waals surface area contributed by atoms with Gasteiger partial charge >= 0.3 is 0 Å². The lowest BCUT2D eigenvalue weighted by atomic mass is 10.0. The molecule has 0 fully saturated rings. The third kappa shape index (κ3) is 10.4. The lowest BCUT2D eigenvalue weighted by molar-refractivity contribution is -0.123. The standard InChI is InChI=1S/C18H37NO/c1-5-7-8-9-10-11-12-13-14-15-16-18(20)17(6-2)19(3)4/h17H,5-16H2,1-4H3. The van der Waals surface area contributed by atoms with Gasteiger partial charge in [0.15, 0.2) is 0 Å². The summed E-state index contributed by atoms with van der Waals surface area (Å²) in [5, 5.41) is 0. The SMILES string of the molecule is CCCCCCCCCCCCC(=O)C(CC)N(C)C. The van der Waals surface area contributed by atoms with Gasteiger partial charge in [0.1, 0.15) is 5.78 Å². The van der Waals surface area contributed by atoms with Crippen LogP contribution in [0.25, 0.3) is 0 Å². The third-order valence-electron chi connectivity index (χ3n) is 4.16. The highest BCUT2D eigenvalue weighted by molar-refractivity contribution is 5.83. The summed E-state index contributed by atoms with van der Waals surface area (Å²) < 4.78 is 0. The molecule has 0 aliphatic carbocycles. The maximum atomic E-state index is 12.0. The molecule has 0 spiro atoms. The van der Waals surface area contributed by atoms with Crippen LogP contribution in [0.15, 0.2) is 0 Å². The molecule has 0 saturated heterocycles. The van der Waals surface area contributed by atoms with E-state index in [0.717, 1.165) is 19.3 Å². The first kappa shape index (κ1) is 19.6. The van der Waals surface area contributed by atoms with E-state index in [1.165, 1.54) is 57.8 Å². The predicted octanol–water partition coefficient (Wildman–Crippen LogP) is 5.21. The highest BCUT2D eigenvalue weighted by atomic mass is 16.1. The number of rotatable bonds is 14. The van der Waals surface area contributed by atoms with Crippen LogP contribution in [0.1, 0.15) is 90.9 Å². The zero-order valence-electron chi connectivity index (χ0n) is 14.4. The second-order valence-electron chi connectivity index (χ2n) is 6.29. The zero-order valence-corrected chi connectivity index (χ0v) is 14.4. The molecule has 0 bridgehead atoms. The van der Waals surface area contributed by atoms with Crippen molar-refractivity contribution in [3.05, 3.63) is 0 Å². The largest absolute Gasteiger partial charge is 0.300 e. The molecular formula is C18H37NO. The third-order valence-corrected chi connectivity index (χ3v) is 4.16. The Balaban J connectivity index is 3.37. The summed E-state index contributed by atoms with van der Waals surface area (Å²) in [6.45, 7) is 4.36. The van der Waals surface area contributed by atoms with E-state index in [9.17, 15) is 4.79 Å². The summed E-state index contributed by atoms with van der Waals surface area (Å²) in [6, 6.07) is 0.133. The van der Waals surface area contributed by atoms with Crippen molar-refractivity contribution in [2.75, 3.05) is 14.1 Å². The number of ketones is 1. The summed E-state index contributed by atoms with van der Waals surface area (Å²) >= 11 is 0. The normalized spacial score (nSPS) is 12.8. The topological polar surface area (TPSA) is 20.3 Å². The fraction of sp³-hybridized carbons (Fsp3) is 0.944. The average molecular weight is 284 g/mol. The van der Waals surface area contributed by atoms with Gasteiger partial charge in [-0.3, -0.25) is 9.69 Å². The maximum absolute atomic E-state index is 12.0. The Bertz CT molecular complexity index is 225. The molecule has 0 radical (unpaired) electrons. The molecule has 0 aromatic carbocycles. The van der Waals surface area contributed by atoms with Gasteiger partial charge in [0.25, 0.3) is 0 Å². The van der Waals surface area contributed by atoms with Crippen LogP contribution in [0, 0.1) is 0 Å². The number of unbranched alkanes of at least 4 members (excludes halogenated alkanes) is 9. The lowest BCUT2D eigenvalue weighted by Gasteiger charge is -2.21. The van der Waals surface area contributed by atoms with Crippen molar-refractivity contribution in [1.29, 1.82) is 0 Å². The number of hydrogen-bond acceptors (Lipinski definition) is 2. The van der Waals surface area contributed by atoms with E-state index < -0.39 is 0 Å². The molecule has 0 rings (SSSR count). The minimum atomic E-state index is 0.133. The van der Waals surface area contributed by atoms with Crippen molar-refractivity contribution in [3.8, 4) is 0 Å². The molecule has 20 heavy (non-hydrogen) atoms. The van der Waals surface area contributed by atoms with E-state index in [2.05, 4.69) is 18.7 Å². The van der Waals surface area contributed by atoms with Crippen LogP contribution in [0.4, 0.5) is 0 Å². The number of carbonyl (C=O) groups is 1. The quantitative estimate of drug-likeness (QED) is 0.408. The highest BCUT2D eigenvalue weighted by Gasteiger charge is 2.17. The molecule has 0 heterocycles. The van der Waals surface area contributed by atoms with Crippen molar-refractivity contribution < 1.29 is 4.79 Å². The van der Waals surface area contributed by atoms with Crippen LogP contribution in [-0.2, 0) is 4.79 Å². The van der Waals surface area contributed by atoms with Crippen molar-refractivity contribution in [2.24, 2.45) is 0 Å². The van der Waals surface area contributed by atoms with Gasteiger partial charge < -0.3 is 0 Å². The van der Waals surface area contributed by atoms with Crippen LogP contribution in [0.5, 0.6) is 0 Å². The summed E-state index contributed by atoms with van der Waals surface area (Å²) in [5.74, 6) is 0.428. The number of hydrogen-bond donors (Lipinski definition) is 0. The molecule has 2 nitrogen and oxygen atoms in total. The van der Waals surface area contributed by atoms with E-state index in [1.54, 1.807) is 0 Å². The van der Waals surface area contributed by atoms with E-state index in [1.807, 2.05) is 14.1 Å². The number of carbonyl (C=O) groups excluding carboxylic acids is 1. The number of Topliss-reactive ketones (excluding diaryl/α,β-unsaturated/α-hetero) is 1. The van der Waals surface area contributed by atoms with E-state index in [4.69, 9.17) is 0 Å². The molecule has 0 N–H and O–H groups in total. The molecule has 0 aliphatic rings. The first-order valence-electron chi connectivity index (χ1n) is 8.82. The van der Waals surface area contributed by atoms with Crippen molar-refractivity contribution in [1.82, 2.24) is 4.90 Å². The Labute approximate surface area is 127 Å². The fourth-order valence-electron chi connectivity index (χ4n) is 2.83. The smallest absolute Gasteiger partial charge is 0.149 e. The zero-order chi connectivity index (χ0) is 15.2. The second kappa shape index (κ2) is 13.6. The highest BCUT2D eigenvalue weighted by Crippen LogP contribution is 2.12. The Morgan fingerprint density at radius 3 is 1.65 bits per heavy atom. The molecule has 1 unspecified atom stereocenters. The van der Waals surface area contributed by atoms with Crippen molar-refractivity contribution in [3.63, 3.8) is 0 Å². The molecule has 120 valence electrons. The summed E-state index contributed by atoms with van der Waals surface area (Å²) in [5.41, 5.74) is 0. The number of nitrogens with zero attached hydrogens (tertiary/aromatic N) is 1. The molecule has 1 atom stereocenters. The minimum absolute atomic E-state index is 0.133. The van der Waals surface area contributed by atoms with Gasteiger partial charge in [-0.25, -0.2) is 0 Å². The summed E-state index contributed by atoms with van der Waals surface area (Å²) in [7, 11) is 4.01. The van der Waals surface area contributed by atoms with Gasteiger partial charge in [-0.1, -0.05) is 71.6 Å². The van der Waals surface area contributed by atoms with Gasteiger partial charge in [-0.2, -0.15) is 0 Å². The van der Waals surface area contributed by atoms with Crippen LogP contribution in [-0.4, -0.2) is 30.8 Å². The lowest BCUT2D eigenvalue weighted by Crippen LogP contribution is -2.34. The van der Waals surface area contributed by atoms with Gasteiger partial charge in [-0.15, -0.1) is 0 Å². The van der Waals surface area contributed by atoms with Gasteiger partial charge in [-0.05, 0) is 26.9 Å². The Morgan fingerprint density at radius 1 is 0.800 bits per heavy atom. The van der Waals surface area contributed by atoms with E-state index >= 15 is 0 Å². The molecule has 0 amide bonds.